The lowest BCUT2D eigenvalue weighted by Crippen LogP contribution is -2.54. The van der Waals surface area contributed by atoms with Crippen LogP contribution in [0.3, 0.4) is 0 Å². The van der Waals surface area contributed by atoms with E-state index in [2.05, 4.69) is 10.6 Å². The van der Waals surface area contributed by atoms with Crippen LogP contribution < -0.4 is 10.6 Å². The predicted molar refractivity (Wildman–Crippen MR) is 116 cm³/mol. The maximum Gasteiger partial charge on any atom is 0.278 e. The molecule has 2 aromatic rings. The summed E-state index contributed by atoms with van der Waals surface area (Å²) in [4.78, 5) is 37.7. The van der Waals surface area contributed by atoms with Gasteiger partial charge in [-0.3, -0.25) is 19.6 Å². The Morgan fingerprint density at radius 2 is 1.68 bits per heavy atom. The summed E-state index contributed by atoms with van der Waals surface area (Å²) in [5, 5.41) is 25.6. The lowest BCUT2D eigenvalue weighted by Gasteiger charge is -2.26. The molecule has 0 aromatic heterocycles. The highest BCUT2D eigenvalue weighted by atomic mass is 16.5. The molecule has 0 radical (unpaired) electrons. The number of hydroxylamine groups is 2. The summed E-state index contributed by atoms with van der Waals surface area (Å²) in [6.45, 7) is 6.36. The van der Waals surface area contributed by atoms with Crippen LogP contribution >= 0.6 is 0 Å². The van der Waals surface area contributed by atoms with Gasteiger partial charge in [-0.25, -0.2) is 5.06 Å². The number of nitrogens with one attached hydrogen (secondary N) is 2. The predicted octanol–water partition coefficient (Wildman–Crippen LogP) is 2.17. The summed E-state index contributed by atoms with van der Waals surface area (Å²) in [5.41, 5.74) is 0.715. The largest absolute Gasteiger partial charge is 0.508 e. The number of rotatable bonds is 7. The van der Waals surface area contributed by atoms with E-state index in [9.17, 15) is 24.7 Å². The monoisotopic (exact) mass is 427 g/mol. The van der Waals surface area contributed by atoms with E-state index in [0.717, 1.165) is 5.56 Å². The molecule has 0 aliphatic carbocycles. The molecule has 0 saturated heterocycles. The minimum Gasteiger partial charge on any atom is -0.508 e. The smallest absolute Gasteiger partial charge is 0.278 e. The molecule has 0 unspecified atom stereocenters. The minimum absolute atomic E-state index is 0.0709. The maximum absolute atomic E-state index is 12.7. The van der Waals surface area contributed by atoms with Crippen LogP contribution in [-0.2, 0) is 16.0 Å². The van der Waals surface area contributed by atoms with Crippen LogP contribution in [-0.4, -0.2) is 51.2 Å². The third-order valence-electron chi connectivity index (χ3n) is 4.50. The number of benzene rings is 2. The van der Waals surface area contributed by atoms with Gasteiger partial charge in [0.05, 0.1) is 0 Å². The molecule has 8 nitrogen and oxygen atoms in total. The molecule has 0 fully saturated rings. The van der Waals surface area contributed by atoms with Crippen LogP contribution in [0.1, 0.15) is 42.3 Å². The van der Waals surface area contributed by atoms with Gasteiger partial charge in [0.25, 0.3) is 5.91 Å². The van der Waals surface area contributed by atoms with Gasteiger partial charge in [0.15, 0.2) is 0 Å². The van der Waals surface area contributed by atoms with E-state index in [1.807, 2.05) is 51.1 Å². The van der Waals surface area contributed by atoms with Gasteiger partial charge in [0.1, 0.15) is 18.3 Å². The normalized spacial score (nSPS) is 12.0. The van der Waals surface area contributed by atoms with Crippen molar-refractivity contribution in [2.45, 2.75) is 45.7 Å². The third kappa shape index (κ3) is 7.11. The highest BCUT2D eigenvalue weighted by Crippen LogP contribution is 2.20. The molecule has 8 heteroatoms. The van der Waals surface area contributed by atoms with E-state index < -0.39 is 29.9 Å². The number of phenols is 1. The number of nitrogens with zero attached hydrogens (tertiary/aromatic N) is 1. The number of aromatic hydroxyl groups is 1. The van der Waals surface area contributed by atoms with Crippen molar-refractivity contribution < 1.29 is 24.7 Å². The third-order valence-corrected chi connectivity index (χ3v) is 4.50. The molecule has 4 N–H and O–H groups in total. The van der Waals surface area contributed by atoms with Crippen molar-refractivity contribution in [1.29, 1.82) is 0 Å². The Morgan fingerprint density at radius 1 is 1.03 bits per heavy atom. The Kier molecular flexibility index (Phi) is 7.77. The first kappa shape index (κ1) is 23.9. The fraction of sp³-hybridized carbons (Fsp3) is 0.348. The summed E-state index contributed by atoms with van der Waals surface area (Å²) in [6, 6.07) is 12.6. The van der Waals surface area contributed by atoms with Gasteiger partial charge in [-0.05, 0) is 45.4 Å². The Bertz CT molecular complexity index is 938. The quantitative estimate of drug-likeness (QED) is 0.399. The SMILES string of the molecule is Cc1c(O)cccc1C(=O)N(O)CC(=O)N[C@@H](Cc1ccccc1)C(=O)NC(C)(C)C. The molecule has 2 aromatic carbocycles. The average molecular weight is 428 g/mol. The number of amides is 3. The fourth-order valence-corrected chi connectivity index (χ4v) is 2.96. The zero-order chi connectivity index (χ0) is 23.2. The van der Waals surface area contributed by atoms with Crippen molar-refractivity contribution in [3.63, 3.8) is 0 Å². The lowest BCUT2D eigenvalue weighted by atomic mass is 10.0. The average Bonchev–Trinajstić information content (AvgIpc) is 2.68. The molecule has 3 amide bonds. The van der Waals surface area contributed by atoms with Crippen LogP contribution in [0.4, 0.5) is 0 Å². The van der Waals surface area contributed by atoms with E-state index in [4.69, 9.17) is 0 Å². The van der Waals surface area contributed by atoms with Crippen LogP contribution in [0.5, 0.6) is 5.75 Å². The number of hydrogen-bond donors (Lipinski definition) is 4. The molecular formula is C23H29N3O5. The van der Waals surface area contributed by atoms with Gasteiger partial charge in [-0.1, -0.05) is 36.4 Å². The second-order valence-corrected chi connectivity index (χ2v) is 8.36. The molecular weight excluding hydrogens is 398 g/mol. The van der Waals surface area contributed by atoms with Crippen molar-refractivity contribution >= 4 is 17.7 Å². The zero-order valence-electron chi connectivity index (χ0n) is 18.2. The van der Waals surface area contributed by atoms with E-state index in [0.29, 0.717) is 5.56 Å². The zero-order valence-corrected chi connectivity index (χ0v) is 18.2. The summed E-state index contributed by atoms with van der Waals surface area (Å²) >= 11 is 0. The number of hydrogen-bond acceptors (Lipinski definition) is 5. The van der Waals surface area contributed by atoms with Crippen molar-refractivity contribution in [3.8, 4) is 5.75 Å². The summed E-state index contributed by atoms with van der Waals surface area (Å²) in [6.07, 6.45) is 0.250. The van der Waals surface area contributed by atoms with Gasteiger partial charge in [0, 0.05) is 23.1 Å². The molecule has 1 atom stereocenters. The molecule has 0 spiro atoms. The van der Waals surface area contributed by atoms with Crippen LogP contribution in [0, 0.1) is 6.92 Å². The summed E-state index contributed by atoms with van der Waals surface area (Å²) < 4.78 is 0. The number of phenolic OH excluding ortho intramolecular Hbond substituents is 1. The van der Waals surface area contributed by atoms with Crippen molar-refractivity contribution in [2.75, 3.05) is 6.54 Å². The van der Waals surface area contributed by atoms with Crippen molar-refractivity contribution in [1.82, 2.24) is 15.7 Å². The molecule has 2 rings (SSSR count). The van der Waals surface area contributed by atoms with Crippen LogP contribution in [0.25, 0.3) is 0 Å². The molecule has 31 heavy (non-hydrogen) atoms. The first-order valence-corrected chi connectivity index (χ1v) is 9.92. The minimum atomic E-state index is -0.889. The molecule has 0 saturated carbocycles. The summed E-state index contributed by atoms with van der Waals surface area (Å²) in [5.74, 6) is -1.99. The van der Waals surface area contributed by atoms with E-state index in [-0.39, 0.29) is 28.7 Å². The second-order valence-electron chi connectivity index (χ2n) is 8.36. The molecule has 0 aliphatic heterocycles. The van der Waals surface area contributed by atoms with Gasteiger partial charge in [0.2, 0.25) is 11.8 Å². The van der Waals surface area contributed by atoms with E-state index >= 15 is 0 Å². The maximum atomic E-state index is 12.7. The number of carbonyl (C=O) groups is 3. The topological polar surface area (TPSA) is 119 Å². The van der Waals surface area contributed by atoms with E-state index in [1.54, 1.807) is 0 Å². The molecule has 166 valence electrons. The molecule has 0 aliphatic rings. The first-order valence-electron chi connectivity index (χ1n) is 9.92. The Hall–Kier alpha value is -3.39. The lowest BCUT2D eigenvalue weighted by molar-refractivity contribution is -0.135. The van der Waals surface area contributed by atoms with Crippen LogP contribution in [0.15, 0.2) is 48.5 Å². The van der Waals surface area contributed by atoms with Crippen molar-refractivity contribution in [3.05, 3.63) is 65.2 Å². The van der Waals surface area contributed by atoms with E-state index in [1.165, 1.54) is 25.1 Å². The summed E-state index contributed by atoms with van der Waals surface area (Å²) in [7, 11) is 0. The number of carbonyl (C=O) groups excluding carboxylic acids is 3. The van der Waals surface area contributed by atoms with Crippen LogP contribution in [0.2, 0.25) is 0 Å². The molecule has 0 heterocycles. The van der Waals surface area contributed by atoms with Gasteiger partial charge >= 0.3 is 0 Å². The first-order chi connectivity index (χ1) is 14.5. The molecule has 0 bridgehead atoms. The standard InChI is InChI=1S/C23H29N3O5/c1-15-17(11-8-12-19(15)27)22(30)26(31)14-20(28)24-18(21(29)25-23(2,3)4)13-16-9-6-5-7-10-16/h5-12,18,27,31H,13-14H2,1-4H3,(H,24,28)(H,25,29)/t18-/m0/s1. The fourth-order valence-electron chi connectivity index (χ4n) is 2.96. The second kappa shape index (κ2) is 10.1. The Morgan fingerprint density at radius 3 is 2.29 bits per heavy atom. The van der Waals surface area contributed by atoms with Gasteiger partial charge in [-0.2, -0.15) is 0 Å². The van der Waals surface area contributed by atoms with Crippen molar-refractivity contribution in [2.24, 2.45) is 0 Å². The Balaban J connectivity index is 2.10. The van der Waals surface area contributed by atoms with Gasteiger partial charge in [-0.15, -0.1) is 0 Å². The highest BCUT2D eigenvalue weighted by Gasteiger charge is 2.27. The Labute approximate surface area is 181 Å². The highest BCUT2D eigenvalue weighted by molar-refractivity contribution is 5.98. The van der Waals surface area contributed by atoms with Gasteiger partial charge < -0.3 is 15.7 Å².